The van der Waals surface area contributed by atoms with Crippen LogP contribution in [0.25, 0.3) is 0 Å². The van der Waals surface area contributed by atoms with Crippen molar-refractivity contribution >= 4 is 45.2 Å². The lowest BCUT2D eigenvalue weighted by Gasteiger charge is -2.17. The molecule has 1 N–H and O–H groups in total. The lowest BCUT2D eigenvalue weighted by Crippen LogP contribution is -2.24. The summed E-state index contributed by atoms with van der Waals surface area (Å²) in [5.74, 6) is 0.873. The molecular weight excluding hydrogens is 340 g/mol. The number of anilines is 1. The molecular formula is C17H20N4OS2. The number of fused-ring (bicyclic) bond motifs is 1. The number of nitrogens with one attached hydrogen (secondary N) is 1. The molecule has 2 aromatic rings. The van der Waals surface area contributed by atoms with Gasteiger partial charge in [-0.05, 0) is 32.4 Å². The molecule has 1 atom stereocenters. The smallest absolute Gasteiger partial charge is 0.237 e. The topological polar surface area (TPSA) is 59.3 Å². The number of carbonyl (C=O) groups is 1. The van der Waals surface area contributed by atoms with E-state index < -0.39 is 0 Å². The summed E-state index contributed by atoms with van der Waals surface area (Å²) in [6.07, 6.45) is 0. The third-order valence-electron chi connectivity index (χ3n) is 3.96. The van der Waals surface area contributed by atoms with Gasteiger partial charge in [0.1, 0.15) is 4.38 Å². The summed E-state index contributed by atoms with van der Waals surface area (Å²) in [4.78, 5) is 17.2. The maximum Gasteiger partial charge on any atom is 0.237 e. The van der Waals surface area contributed by atoms with E-state index in [1.165, 1.54) is 17.3 Å². The second-order valence-corrected chi connectivity index (χ2v) is 8.27. The minimum Gasteiger partial charge on any atom is -0.322 e. The number of benzene rings is 1. The highest BCUT2D eigenvalue weighted by molar-refractivity contribution is 8.39. The molecule has 0 spiro atoms. The second-order valence-electron chi connectivity index (χ2n) is 5.71. The van der Waals surface area contributed by atoms with Crippen molar-refractivity contribution in [2.24, 2.45) is 12.0 Å². The van der Waals surface area contributed by atoms with Crippen LogP contribution in [0.5, 0.6) is 0 Å². The Morgan fingerprint density at radius 2 is 2.12 bits per heavy atom. The van der Waals surface area contributed by atoms with Crippen molar-refractivity contribution in [1.29, 1.82) is 0 Å². The summed E-state index contributed by atoms with van der Waals surface area (Å²) in [5.41, 5.74) is 4.84. The molecule has 7 heteroatoms. The van der Waals surface area contributed by atoms with Crippen molar-refractivity contribution < 1.29 is 4.79 Å². The molecule has 0 aliphatic carbocycles. The number of hydrogen-bond acceptors (Lipinski definition) is 5. The zero-order valence-corrected chi connectivity index (χ0v) is 15.8. The van der Waals surface area contributed by atoms with Gasteiger partial charge in [0.15, 0.2) is 0 Å². The Kier molecular flexibility index (Phi) is 5.01. The maximum atomic E-state index is 12.5. The summed E-state index contributed by atoms with van der Waals surface area (Å²) in [6, 6.07) is 8.13. The van der Waals surface area contributed by atoms with Crippen LogP contribution >= 0.6 is 23.5 Å². The number of aromatic nitrogens is 2. The third-order valence-corrected chi connectivity index (χ3v) is 6.25. The van der Waals surface area contributed by atoms with Crippen LogP contribution in [-0.2, 0) is 17.6 Å². The van der Waals surface area contributed by atoms with Crippen LogP contribution in [0.3, 0.4) is 0 Å². The number of aliphatic imine (C=N–C) groups is 1. The molecule has 1 aliphatic heterocycles. The normalized spacial score (nSPS) is 14.8. The summed E-state index contributed by atoms with van der Waals surface area (Å²) < 4.78 is 2.72. The van der Waals surface area contributed by atoms with Crippen molar-refractivity contribution in [3.05, 3.63) is 41.2 Å². The van der Waals surface area contributed by atoms with Gasteiger partial charge in [-0.3, -0.25) is 9.48 Å². The highest BCUT2D eigenvalue weighted by Gasteiger charge is 2.22. The van der Waals surface area contributed by atoms with Gasteiger partial charge in [0, 0.05) is 12.8 Å². The van der Waals surface area contributed by atoms with Gasteiger partial charge in [-0.1, -0.05) is 41.7 Å². The van der Waals surface area contributed by atoms with E-state index in [-0.39, 0.29) is 11.2 Å². The van der Waals surface area contributed by atoms with Crippen LogP contribution in [0.1, 0.15) is 23.9 Å². The number of amides is 1. The molecule has 126 valence electrons. The number of carbonyl (C=O) groups excluding carboxylic acids is 1. The first-order valence-electron chi connectivity index (χ1n) is 7.73. The first-order valence-corrected chi connectivity index (χ1v) is 9.59. The first kappa shape index (κ1) is 17.1. The van der Waals surface area contributed by atoms with Crippen LogP contribution in [0, 0.1) is 13.8 Å². The molecule has 2 heterocycles. The molecule has 24 heavy (non-hydrogen) atoms. The lowest BCUT2D eigenvalue weighted by molar-refractivity contribution is -0.115. The van der Waals surface area contributed by atoms with Gasteiger partial charge >= 0.3 is 0 Å². The Balaban J connectivity index is 1.68. The number of thioether (sulfide) groups is 2. The highest BCUT2D eigenvalue weighted by atomic mass is 32.2. The SMILES string of the molecule is Cc1nn(C)c(C)c1NC(=O)C(C)SC1=Nc2ccccc2CS1. The standard InChI is InChI=1S/C17H20N4OS2/c1-10-15(11(2)21(4)20-10)19-16(22)12(3)24-17-18-14-8-6-5-7-13(14)9-23-17/h5-8,12H,9H2,1-4H3,(H,19,22). The number of aryl methyl sites for hydroxylation is 2. The Bertz CT molecular complexity index is 813. The molecule has 0 saturated carbocycles. The molecule has 1 aliphatic rings. The fourth-order valence-electron chi connectivity index (χ4n) is 2.46. The minimum atomic E-state index is -0.222. The summed E-state index contributed by atoms with van der Waals surface area (Å²) in [5, 5.41) is 7.11. The van der Waals surface area contributed by atoms with E-state index in [1.54, 1.807) is 16.4 Å². The quantitative estimate of drug-likeness (QED) is 0.898. The van der Waals surface area contributed by atoms with E-state index in [0.717, 1.165) is 32.9 Å². The van der Waals surface area contributed by atoms with Gasteiger partial charge in [-0.15, -0.1) is 0 Å². The van der Waals surface area contributed by atoms with E-state index in [2.05, 4.69) is 21.5 Å². The number of rotatable bonds is 3. The van der Waals surface area contributed by atoms with Crippen molar-refractivity contribution in [1.82, 2.24) is 9.78 Å². The summed E-state index contributed by atoms with van der Waals surface area (Å²) in [6.45, 7) is 5.76. The van der Waals surface area contributed by atoms with E-state index >= 15 is 0 Å². The average molecular weight is 361 g/mol. The van der Waals surface area contributed by atoms with Crippen LogP contribution in [0.4, 0.5) is 11.4 Å². The van der Waals surface area contributed by atoms with Gasteiger partial charge in [-0.25, -0.2) is 4.99 Å². The monoisotopic (exact) mass is 360 g/mol. The van der Waals surface area contributed by atoms with Crippen molar-refractivity contribution in [3.8, 4) is 0 Å². The number of hydrogen-bond donors (Lipinski definition) is 1. The largest absolute Gasteiger partial charge is 0.322 e. The molecule has 1 aromatic carbocycles. The molecule has 1 amide bonds. The Morgan fingerprint density at radius 1 is 1.38 bits per heavy atom. The van der Waals surface area contributed by atoms with Gasteiger partial charge in [0.2, 0.25) is 5.91 Å². The van der Waals surface area contributed by atoms with Crippen LogP contribution in [0.15, 0.2) is 29.3 Å². The van der Waals surface area contributed by atoms with Gasteiger partial charge in [-0.2, -0.15) is 5.10 Å². The fourth-order valence-corrected chi connectivity index (χ4v) is 4.64. The van der Waals surface area contributed by atoms with Gasteiger partial charge in [0.05, 0.1) is 28.0 Å². The van der Waals surface area contributed by atoms with E-state index in [9.17, 15) is 4.79 Å². The average Bonchev–Trinajstić information content (AvgIpc) is 2.81. The molecule has 0 saturated heterocycles. The molecule has 0 bridgehead atoms. The molecule has 3 rings (SSSR count). The summed E-state index contributed by atoms with van der Waals surface area (Å²) >= 11 is 3.19. The van der Waals surface area contributed by atoms with Crippen LogP contribution in [0.2, 0.25) is 0 Å². The summed E-state index contributed by atoms with van der Waals surface area (Å²) in [7, 11) is 1.88. The van der Waals surface area contributed by atoms with E-state index in [4.69, 9.17) is 0 Å². The second kappa shape index (κ2) is 7.03. The molecule has 0 fully saturated rings. The maximum absolute atomic E-state index is 12.5. The third kappa shape index (κ3) is 3.52. The van der Waals surface area contributed by atoms with E-state index in [1.807, 2.05) is 46.0 Å². The zero-order valence-electron chi connectivity index (χ0n) is 14.2. The van der Waals surface area contributed by atoms with Crippen molar-refractivity contribution in [2.45, 2.75) is 31.8 Å². The van der Waals surface area contributed by atoms with Crippen molar-refractivity contribution in [3.63, 3.8) is 0 Å². The molecule has 1 aromatic heterocycles. The van der Waals surface area contributed by atoms with Gasteiger partial charge < -0.3 is 5.32 Å². The molecule has 5 nitrogen and oxygen atoms in total. The van der Waals surface area contributed by atoms with Crippen LogP contribution < -0.4 is 5.32 Å². The Labute approximate surface area is 150 Å². The van der Waals surface area contributed by atoms with Crippen LogP contribution in [-0.4, -0.2) is 25.3 Å². The number of nitrogens with zero attached hydrogens (tertiary/aromatic N) is 3. The predicted molar refractivity (Wildman–Crippen MR) is 103 cm³/mol. The van der Waals surface area contributed by atoms with Crippen molar-refractivity contribution in [2.75, 3.05) is 5.32 Å². The highest BCUT2D eigenvalue weighted by Crippen LogP contribution is 2.36. The Morgan fingerprint density at radius 3 is 2.83 bits per heavy atom. The van der Waals surface area contributed by atoms with Gasteiger partial charge in [0.25, 0.3) is 0 Å². The van der Waals surface area contributed by atoms with E-state index in [0.29, 0.717) is 0 Å². The fraction of sp³-hybridized carbons (Fsp3) is 0.353. The zero-order chi connectivity index (χ0) is 17.3. The first-order chi connectivity index (χ1) is 11.5. The predicted octanol–water partition coefficient (Wildman–Crippen LogP) is 4.03. The molecule has 1 unspecified atom stereocenters. The number of para-hydroxylation sites is 1. The minimum absolute atomic E-state index is 0.0265. The molecule has 0 radical (unpaired) electrons. The lowest BCUT2D eigenvalue weighted by atomic mass is 10.2. The Hall–Kier alpha value is -1.73.